The van der Waals surface area contributed by atoms with Gasteiger partial charge < -0.3 is 14.2 Å². The Balaban J connectivity index is 4.35. The predicted molar refractivity (Wildman–Crippen MR) is 270 cm³/mol. The molecule has 6 nitrogen and oxygen atoms in total. The van der Waals surface area contributed by atoms with E-state index < -0.39 is 6.10 Å². The monoisotopic (exact) mass is 887 g/mol. The molecule has 0 aromatic heterocycles. The molecule has 0 radical (unpaired) electrons. The van der Waals surface area contributed by atoms with E-state index in [0.717, 1.165) is 77.0 Å². The minimum atomic E-state index is -0.771. The predicted octanol–water partition coefficient (Wildman–Crippen LogP) is 18.3. The van der Waals surface area contributed by atoms with Gasteiger partial charge in [0.15, 0.2) is 6.10 Å². The fourth-order valence-corrected chi connectivity index (χ4v) is 8.24. The van der Waals surface area contributed by atoms with Gasteiger partial charge in [-0.05, 0) is 51.4 Å². The highest BCUT2D eigenvalue weighted by atomic mass is 16.6. The van der Waals surface area contributed by atoms with Gasteiger partial charge in [-0.1, -0.05) is 257 Å². The molecule has 0 aliphatic carbocycles. The molecular weight excluding hydrogens is 781 g/mol. The summed E-state index contributed by atoms with van der Waals surface area (Å²) in [4.78, 5) is 38.1. The van der Waals surface area contributed by atoms with Gasteiger partial charge in [-0.3, -0.25) is 14.4 Å². The van der Waals surface area contributed by atoms with Crippen LogP contribution >= 0.6 is 0 Å². The first kappa shape index (κ1) is 60.9. The van der Waals surface area contributed by atoms with E-state index in [4.69, 9.17) is 14.2 Å². The molecule has 0 aliphatic heterocycles. The molecule has 0 spiro atoms. The van der Waals surface area contributed by atoms with E-state index in [0.29, 0.717) is 19.3 Å². The van der Waals surface area contributed by atoms with Crippen LogP contribution in [0.25, 0.3) is 0 Å². The summed E-state index contributed by atoms with van der Waals surface area (Å²) in [5.41, 5.74) is 0. The van der Waals surface area contributed by atoms with Crippen LogP contribution in [-0.2, 0) is 28.6 Å². The maximum Gasteiger partial charge on any atom is 0.306 e. The van der Waals surface area contributed by atoms with Crippen molar-refractivity contribution in [2.75, 3.05) is 13.2 Å². The summed E-state index contributed by atoms with van der Waals surface area (Å²) in [7, 11) is 0. The van der Waals surface area contributed by atoms with Gasteiger partial charge in [0.05, 0.1) is 0 Å². The second-order valence-corrected chi connectivity index (χ2v) is 18.9. The van der Waals surface area contributed by atoms with Gasteiger partial charge >= 0.3 is 17.9 Å². The highest BCUT2D eigenvalue weighted by molar-refractivity contribution is 5.71. The Hall–Kier alpha value is -2.11. The topological polar surface area (TPSA) is 78.9 Å². The number of hydrogen-bond acceptors (Lipinski definition) is 6. The minimum Gasteiger partial charge on any atom is -0.462 e. The summed E-state index contributed by atoms with van der Waals surface area (Å²) in [5, 5.41) is 0. The fourth-order valence-electron chi connectivity index (χ4n) is 8.24. The number of allylic oxidation sites excluding steroid dienone is 4. The van der Waals surface area contributed by atoms with Crippen molar-refractivity contribution in [2.24, 2.45) is 0 Å². The SMILES string of the molecule is CCCCC/C=C/C/C=C/CCCCCCCC(=O)OCC(COC(=O)CCCCCCCCCCCCCCCCC)OC(=O)CCCCCCCCCCCCCCCCC. The Morgan fingerprint density at radius 1 is 0.317 bits per heavy atom. The van der Waals surface area contributed by atoms with Crippen molar-refractivity contribution in [3.63, 3.8) is 0 Å². The van der Waals surface area contributed by atoms with E-state index in [1.165, 1.54) is 186 Å². The van der Waals surface area contributed by atoms with E-state index in [1.807, 2.05) is 0 Å². The average Bonchev–Trinajstić information content (AvgIpc) is 3.28. The lowest BCUT2D eigenvalue weighted by atomic mass is 10.0. The fraction of sp³-hybridized carbons (Fsp3) is 0.877. The molecule has 63 heavy (non-hydrogen) atoms. The summed E-state index contributed by atoms with van der Waals surface area (Å²) >= 11 is 0. The molecule has 0 N–H and O–H groups in total. The van der Waals surface area contributed by atoms with Crippen molar-refractivity contribution in [3.05, 3.63) is 24.3 Å². The van der Waals surface area contributed by atoms with E-state index in [9.17, 15) is 14.4 Å². The van der Waals surface area contributed by atoms with Crippen LogP contribution in [0.2, 0.25) is 0 Å². The standard InChI is InChI=1S/C57H106O6/c1-4-7-10-13-16-19-22-25-28-31-34-37-40-43-46-49-55(58)61-52-54(63-57(60)51-48-45-42-39-36-33-30-27-24-21-18-15-12-9-6-3)53-62-56(59)50-47-44-41-38-35-32-29-26-23-20-17-14-11-8-5-2/h16,19,25,28,54H,4-15,17-18,20-24,26-27,29-53H2,1-3H3/b19-16+,28-25+. The molecule has 6 heteroatoms. The van der Waals surface area contributed by atoms with Crippen molar-refractivity contribution in [2.45, 2.75) is 309 Å². The average molecular weight is 887 g/mol. The molecule has 0 aromatic rings. The molecule has 0 amide bonds. The zero-order valence-corrected chi connectivity index (χ0v) is 42.4. The van der Waals surface area contributed by atoms with E-state index in [2.05, 4.69) is 45.1 Å². The molecule has 0 aromatic carbocycles. The van der Waals surface area contributed by atoms with Crippen molar-refractivity contribution >= 4 is 17.9 Å². The summed E-state index contributed by atoms with van der Waals surface area (Å²) in [5.74, 6) is -0.865. The maximum atomic E-state index is 12.8. The molecule has 0 saturated heterocycles. The van der Waals surface area contributed by atoms with Gasteiger partial charge in [0.2, 0.25) is 0 Å². The second-order valence-electron chi connectivity index (χ2n) is 18.9. The number of hydrogen-bond donors (Lipinski definition) is 0. The van der Waals surface area contributed by atoms with Gasteiger partial charge in [0, 0.05) is 19.3 Å². The minimum absolute atomic E-state index is 0.0703. The first-order valence-corrected chi connectivity index (χ1v) is 27.8. The van der Waals surface area contributed by atoms with Crippen LogP contribution in [0.15, 0.2) is 24.3 Å². The van der Waals surface area contributed by atoms with E-state index in [-0.39, 0.29) is 31.1 Å². The van der Waals surface area contributed by atoms with Gasteiger partial charge in [-0.25, -0.2) is 0 Å². The number of rotatable bonds is 51. The van der Waals surface area contributed by atoms with Gasteiger partial charge in [-0.15, -0.1) is 0 Å². The van der Waals surface area contributed by atoms with Crippen LogP contribution in [0.4, 0.5) is 0 Å². The maximum absolute atomic E-state index is 12.8. The third kappa shape index (κ3) is 50.7. The Labute approximate surface area is 392 Å². The third-order valence-corrected chi connectivity index (χ3v) is 12.5. The number of carbonyl (C=O) groups excluding carboxylic acids is 3. The first-order chi connectivity index (χ1) is 31.0. The molecule has 1 atom stereocenters. The molecular formula is C57H106O6. The zero-order valence-electron chi connectivity index (χ0n) is 42.4. The van der Waals surface area contributed by atoms with Crippen LogP contribution < -0.4 is 0 Å². The molecule has 370 valence electrons. The number of carbonyl (C=O) groups is 3. The lowest BCUT2D eigenvalue weighted by molar-refractivity contribution is -0.167. The molecule has 0 rings (SSSR count). The lowest BCUT2D eigenvalue weighted by Gasteiger charge is -2.18. The van der Waals surface area contributed by atoms with Crippen molar-refractivity contribution in [1.82, 2.24) is 0 Å². The molecule has 0 bridgehead atoms. The quantitative estimate of drug-likeness (QED) is 0.0262. The van der Waals surface area contributed by atoms with Crippen LogP contribution in [0, 0.1) is 0 Å². The van der Waals surface area contributed by atoms with Crippen molar-refractivity contribution < 1.29 is 28.6 Å². The molecule has 0 heterocycles. The van der Waals surface area contributed by atoms with Crippen LogP contribution in [0.1, 0.15) is 303 Å². The summed E-state index contributed by atoms with van der Waals surface area (Å²) in [6.07, 6.45) is 60.1. The van der Waals surface area contributed by atoms with Crippen LogP contribution in [0.5, 0.6) is 0 Å². The van der Waals surface area contributed by atoms with E-state index in [1.54, 1.807) is 0 Å². The molecule has 0 saturated carbocycles. The van der Waals surface area contributed by atoms with Gasteiger partial charge in [0.25, 0.3) is 0 Å². The highest BCUT2D eigenvalue weighted by Crippen LogP contribution is 2.17. The van der Waals surface area contributed by atoms with Crippen molar-refractivity contribution in [3.8, 4) is 0 Å². The van der Waals surface area contributed by atoms with Crippen molar-refractivity contribution in [1.29, 1.82) is 0 Å². The van der Waals surface area contributed by atoms with Crippen LogP contribution in [-0.4, -0.2) is 37.2 Å². The lowest BCUT2D eigenvalue weighted by Crippen LogP contribution is -2.30. The highest BCUT2D eigenvalue weighted by Gasteiger charge is 2.19. The largest absolute Gasteiger partial charge is 0.462 e. The summed E-state index contributed by atoms with van der Waals surface area (Å²) in [6, 6.07) is 0. The Morgan fingerprint density at radius 3 is 0.905 bits per heavy atom. The summed E-state index contributed by atoms with van der Waals surface area (Å²) in [6.45, 7) is 6.65. The second kappa shape index (κ2) is 52.5. The Bertz CT molecular complexity index is 1020. The molecule has 1 unspecified atom stereocenters. The Kier molecular flexibility index (Phi) is 50.8. The number of unbranched alkanes of at least 4 members (excludes halogenated alkanes) is 36. The zero-order chi connectivity index (χ0) is 45.8. The normalized spacial score (nSPS) is 12.1. The van der Waals surface area contributed by atoms with E-state index >= 15 is 0 Å². The molecule has 0 fully saturated rings. The molecule has 0 aliphatic rings. The van der Waals surface area contributed by atoms with Gasteiger partial charge in [-0.2, -0.15) is 0 Å². The van der Waals surface area contributed by atoms with Gasteiger partial charge in [0.1, 0.15) is 13.2 Å². The first-order valence-electron chi connectivity index (χ1n) is 27.8. The van der Waals surface area contributed by atoms with Crippen LogP contribution in [0.3, 0.4) is 0 Å². The number of ether oxygens (including phenoxy) is 3. The third-order valence-electron chi connectivity index (χ3n) is 12.5. The smallest absolute Gasteiger partial charge is 0.306 e. The Morgan fingerprint density at radius 2 is 0.571 bits per heavy atom. The number of esters is 3. The summed E-state index contributed by atoms with van der Waals surface area (Å²) < 4.78 is 16.8.